The Labute approximate surface area is 92.9 Å². The van der Waals surface area contributed by atoms with Crippen molar-refractivity contribution in [3.63, 3.8) is 0 Å². The van der Waals surface area contributed by atoms with Crippen molar-refractivity contribution in [3.8, 4) is 0 Å². The molecular weight excluding hydrogens is 184 g/mol. The molecule has 3 N–H and O–H groups in total. The third-order valence-electron chi connectivity index (χ3n) is 2.54. The van der Waals surface area contributed by atoms with Crippen LogP contribution in [0, 0.1) is 19.8 Å². The molecule has 0 aliphatic rings. The lowest BCUT2D eigenvalue weighted by Crippen LogP contribution is -2.15. The Morgan fingerprint density at radius 1 is 1.20 bits per heavy atom. The maximum Gasteiger partial charge on any atom is 0.0345 e. The maximum absolute atomic E-state index is 5.52. The van der Waals surface area contributed by atoms with Gasteiger partial charge >= 0.3 is 0 Å². The number of hydrogen-bond acceptors (Lipinski definition) is 2. The molecule has 0 heterocycles. The topological polar surface area (TPSA) is 38.0 Å². The number of nitrogens with two attached hydrogens (primary N) is 1. The lowest BCUT2D eigenvalue weighted by Gasteiger charge is -2.13. The molecule has 1 aromatic carbocycles. The molecule has 0 saturated heterocycles. The van der Waals surface area contributed by atoms with E-state index < -0.39 is 0 Å². The second kappa shape index (κ2) is 5.76. The van der Waals surface area contributed by atoms with Crippen molar-refractivity contribution in [2.45, 2.75) is 27.2 Å². The van der Waals surface area contributed by atoms with E-state index in [1.165, 1.54) is 16.8 Å². The van der Waals surface area contributed by atoms with Crippen LogP contribution in [0.4, 0.5) is 5.69 Å². The molecule has 0 aliphatic heterocycles. The first-order valence-corrected chi connectivity index (χ1v) is 5.64. The standard InChI is InChI=1S/C13H22N2/c1-10(4-5-14)9-15-13-7-11(2)6-12(3)8-13/h6-8,10,15H,4-5,9,14H2,1-3H3. The Morgan fingerprint density at radius 2 is 1.80 bits per heavy atom. The second-order valence-electron chi connectivity index (χ2n) is 4.44. The average Bonchev–Trinajstić information content (AvgIpc) is 2.14. The summed E-state index contributed by atoms with van der Waals surface area (Å²) in [7, 11) is 0. The van der Waals surface area contributed by atoms with Crippen molar-refractivity contribution in [1.82, 2.24) is 0 Å². The summed E-state index contributed by atoms with van der Waals surface area (Å²) in [5, 5.41) is 3.46. The minimum absolute atomic E-state index is 0.635. The van der Waals surface area contributed by atoms with Crippen molar-refractivity contribution < 1.29 is 0 Å². The van der Waals surface area contributed by atoms with Gasteiger partial charge in [-0.1, -0.05) is 13.0 Å². The summed E-state index contributed by atoms with van der Waals surface area (Å²) in [6.45, 7) is 8.25. The van der Waals surface area contributed by atoms with Crippen molar-refractivity contribution in [1.29, 1.82) is 0 Å². The molecular formula is C13H22N2. The largest absolute Gasteiger partial charge is 0.385 e. The highest BCUT2D eigenvalue weighted by Gasteiger charge is 2.01. The van der Waals surface area contributed by atoms with Crippen LogP contribution in [0.15, 0.2) is 18.2 Å². The third-order valence-corrected chi connectivity index (χ3v) is 2.54. The van der Waals surface area contributed by atoms with E-state index in [1.54, 1.807) is 0 Å². The van der Waals surface area contributed by atoms with Gasteiger partial charge in [-0.05, 0) is 56.0 Å². The molecule has 84 valence electrons. The normalized spacial score (nSPS) is 12.5. The molecule has 1 aromatic rings. The summed E-state index contributed by atoms with van der Waals surface area (Å²) in [4.78, 5) is 0. The summed E-state index contributed by atoms with van der Waals surface area (Å²) < 4.78 is 0. The van der Waals surface area contributed by atoms with Crippen molar-refractivity contribution >= 4 is 5.69 Å². The zero-order valence-electron chi connectivity index (χ0n) is 10.0. The van der Waals surface area contributed by atoms with E-state index in [0.29, 0.717) is 5.92 Å². The Bertz CT molecular complexity index is 287. The zero-order valence-corrected chi connectivity index (χ0v) is 10.0. The van der Waals surface area contributed by atoms with Gasteiger partial charge in [0.15, 0.2) is 0 Å². The average molecular weight is 206 g/mol. The molecule has 0 saturated carbocycles. The fourth-order valence-corrected chi connectivity index (χ4v) is 1.76. The molecule has 2 nitrogen and oxygen atoms in total. The van der Waals surface area contributed by atoms with Crippen molar-refractivity contribution in [3.05, 3.63) is 29.3 Å². The van der Waals surface area contributed by atoms with E-state index in [9.17, 15) is 0 Å². The number of nitrogens with one attached hydrogen (secondary N) is 1. The minimum atomic E-state index is 0.635. The maximum atomic E-state index is 5.52. The van der Waals surface area contributed by atoms with Gasteiger partial charge in [-0.15, -0.1) is 0 Å². The monoisotopic (exact) mass is 206 g/mol. The Kier molecular flexibility index (Phi) is 4.63. The zero-order chi connectivity index (χ0) is 11.3. The third kappa shape index (κ3) is 4.34. The highest BCUT2D eigenvalue weighted by atomic mass is 14.9. The molecule has 0 fully saturated rings. The molecule has 0 spiro atoms. The molecule has 0 amide bonds. The Hall–Kier alpha value is -1.02. The van der Waals surface area contributed by atoms with E-state index in [1.807, 2.05) is 0 Å². The van der Waals surface area contributed by atoms with Gasteiger partial charge < -0.3 is 11.1 Å². The van der Waals surface area contributed by atoms with Crippen LogP contribution in [0.1, 0.15) is 24.5 Å². The van der Waals surface area contributed by atoms with Crippen LogP contribution in [0.5, 0.6) is 0 Å². The molecule has 0 bridgehead atoms. The Balaban J connectivity index is 2.50. The molecule has 1 rings (SSSR count). The first kappa shape index (κ1) is 12.1. The summed E-state index contributed by atoms with van der Waals surface area (Å²) in [5.41, 5.74) is 9.36. The highest BCUT2D eigenvalue weighted by Crippen LogP contribution is 2.14. The number of rotatable bonds is 5. The van der Waals surface area contributed by atoms with Gasteiger partial charge in [0.2, 0.25) is 0 Å². The fraction of sp³-hybridized carbons (Fsp3) is 0.538. The van der Waals surface area contributed by atoms with Gasteiger partial charge in [0, 0.05) is 12.2 Å². The van der Waals surface area contributed by atoms with Crippen LogP contribution < -0.4 is 11.1 Å². The molecule has 0 radical (unpaired) electrons. The van der Waals surface area contributed by atoms with E-state index in [0.717, 1.165) is 19.5 Å². The van der Waals surface area contributed by atoms with Gasteiger partial charge in [-0.3, -0.25) is 0 Å². The smallest absolute Gasteiger partial charge is 0.0345 e. The van der Waals surface area contributed by atoms with Crippen LogP contribution in [-0.4, -0.2) is 13.1 Å². The number of benzene rings is 1. The van der Waals surface area contributed by atoms with Gasteiger partial charge in [0.1, 0.15) is 0 Å². The predicted molar refractivity (Wildman–Crippen MR) is 67.2 cm³/mol. The second-order valence-corrected chi connectivity index (χ2v) is 4.44. The van der Waals surface area contributed by atoms with E-state index in [-0.39, 0.29) is 0 Å². The fourth-order valence-electron chi connectivity index (χ4n) is 1.76. The van der Waals surface area contributed by atoms with Crippen LogP contribution >= 0.6 is 0 Å². The van der Waals surface area contributed by atoms with E-state index in [2.05, 4.69) is 44.3 Å². The molecule has 2 heteroatoms. The molecule has 15 heavy (non-hydrogen) atoms. The Morgan fingerprint density at radius 3 is 2.33 bits per heavy atom. The van der Waals surface area contributed by atoms with Gasteiger partial charge in [0.05, 0.1) is 0 Å². The summed E-state index contributed by atoms with van der Waals surface area (Å²) >= 11 is 0. The first-order chi connectivity index (χ1) is 7.11. The minimum Gasteiger partial charge on any atom is -0.385 e. The number of aryl methyl sites for hydroxylation is 2. The van der Waals surface area contributed by atoms with E-state index in [4.69, 9.17) is 5.73 Å². The summed E-state index contributed by atoms with van der Waals surface area (Å²) in [6.07, 6.45) is 1.08. The quantitative estimate of drug-likeness (QED) is 0.777. The molecule has 0 aromatic heterocycles. The first-order valence-electron chi connectivity index (χ1n) is 5.64. The van der Waals surface area contributed by atoms with Gasteiger partial charge in [0.25, 0.3) is 0 Å². The van der Waals surface area contributed by atoms with Crippen LogP contribution in [0.2, 0.25) is 0 Å². The predicted octanol–water partition coefficient (Wildman–Crippen LogP) is 2.70. The van der Waals surface area contributed by atoms with Crippen molar-refractivity contribution in [2.75, 3.05) is 18.4 Å². The lowest BCUT2D eigenvalue weighted by molar-refractivity contribution is 0.568. The highest BCUT2D eigenvalue weighted by molar-refractivity contribution is 5.48. The number of hydrogen-bond donors (Lipinski definition) is 2. The van der Waals surface area contributed by atoms with Crippen LogP contribution in [-0.2, 0) is 0 Å². The summed E-state index contributed by atoms with van der Waals surface area (Å²) in [5.74, 6) is 0.635. The summed E-state index contributed by atoms with van der Waals surface area (Å²) in [6, 6.07) is 6.55. The van der Waals surface area contributed by atoms with Crippen LogP contribution in [0.25, 0.3) is 0 Å². The van der Waals surface area contributed by atoms with Crippen LogP contribution in [0.3, 0.4) is 0 Å². The lowest BCUT2D eigenvalue weighted by atomic mass is 10.1. The molecule has 0 aliphatic carbocycles. The molecule has 1 atom stereocenters. The van der Waals surface area contributed by atoms with E-state index >= 15 is 0 Å². The van der Waals surface area contributed by atoms with Crippen molar-refractivity contribution in [2.24, 2.45) is 11.7 Å². The molecule has 1 unspecified atom stereocenters. The SMILES string of the molecule is Cc1cc(C)cc(NCC(C)CCN)c1. The van der Waals surface area contributed by atoms with Gasteiger partial charge in [-0.25, -0.2) is 0 Å². The van der Waals surface area contributed by atoms with Gasteiger partial charge in [-0.2, -0.15) is 0 Å². The number of anilines is 1.